The number of likely N-dealkylation sites (N-methyl/N-ethyl adjacent to an activating group) is 1. The highest BCUT2D eigenvalue weighted by molar-refractivity contribution is 5.83. The van der Waals surface area contributed by atoms with E-state index in [9.17, 15) is 4.79 Å². The number of aromatic hydroxyl groups is 1. The van der Waals surface area contributed by atoms with Crippen LogP contribution in [-0.2, 0) is 11.3 Å². The van der Waals surface area contributed by atoms with Gasteiger partial charge in [0.15, 0.2) is 0 Å². The number of hydrogen-bond donors (Lipinski definition) is 2. The van der Waals surface area contributed by atoms with Crippen LogP contribution in [0, 0.1) is 0 Å². The van der Waals surface area contributed by atoms with Crippen LogP contribution in [0.4, 0.5) is 0 Å². The molecule has 0 aromatic carbocycles. The molecule has 2 rings (SSSR count). The molecule has 5 nitrogen and oxygen atoms in total. The molecule has 0 saturated carbocycles. The molecule has 1 saturated heterocycles. The summed E-state index contributed by atoms with van der Waals surface area (Å²) >= 11 is 0. The second kappa shape index (κ2) is 4.49. The summed E-state index contributed by atoms with van der Waals surface area (Å²) in [6.45, 7) is 1.35. The van der Waals surface area contributed by atoms with E-state index in [1.807, 2.05) is 7.05 Å². The molecular formula is C11H15N3O2. The molecule has 86 valence electrons. The fraction of sp³-hybridized carbons (Fsp3) is 0.455. The minimum absolute atomic E-state index is 0.0967. The molecule has 2 heterocycles. The second-order valence-corrected chi connectivity index (χ2v) is 3.99. The van der Waals surface area contributed by atoms with Crippen LogP contribution in [0.15, 0.2) is 18.3 Å². The molecular weight excluding hydrogens is 206 g/mol. The summed E-state index contributed by atoms with van der Waals surface area (Å²) in [5, 5.41) is 12.2. The van der Waals surface area contributed by atoms with Crippen molar-refractivity contribution in [3.8, 4) is 5.75 Å². The SMILES string of the molecule is CN1CCC(NCc2ccc(O)cn2)C1=O. The number of amides is 1. The van der Waals surface area contributed by atoms with Gasteiger partial charge in [-0.25, -0.2) is 0 Å². The van der Waals surface area contributed by atoms with E-state index in [0.717, 1.165) is 18.7 Å². The minimum Gasteiger partial charge on any atom is -0.506 e. The first kappa shape index (κ1) is 10.9. The Labute approximate surface area is 94.1 Å². The maximum Gasteiger partial charge on any atom is 0.239 e. The second-order valence-electron chi connectivity index (χ2n) is 3.99. The minimum atomic E-state index is -0.0967. The third-order valence-corrected chi connectivity index (χ3v) is 2.77. The maximum atomic E-state index is 11.6. The molecule has 0 radical (unpaired) electrons. The zero-order valence-electron chi connectivity index (χ0n) is 9.18. The third-order valence-electron chi connectivity index (χ3n) is 2.77. The number of carbonyl (C=O) groups excluding carboxylic acids is 1. The lowest BCUT2D eigenvalue weighted by Gasteiger charge is -2.11. The molecule has 1 atom stereocenters. The van der Waals surface area contributed by atoms with Gasteiger partial charge in [-0.2, -0.15) is 0 Å². The smallest absolute Gasteiger partial charge is 0.239 e. The molecule has 0 bridgehead atoms. The largest absolute Gasteiger partial charge is 0.506 e. The Balaban J connectivity index is 1.88. The first-order chi connectivity index (χ1) is 7.66. The Bertz CT molecular complexity index is 377. The molecule has 1 aromatic heterocycles. The quantitative estimate of drug-likeness (QED) is 0.760. The van der Waals surface area contributed by atoms with Crippen molar-refractivity contribution in [3.63, 3.8) is 0 Å². The Kier molecular flexibility index (Phi) is 3.05. The number of hydrogen-bond acceptors (Lipinski definition) is 4. The maximum absolute atomic E-state index is 11.6. The van der Waals surface area contributed by atoms with E-state index in [1.54, 1.807) is 17.0 Å². The summed E-state index contributed by atoms with van der Waals surface area (Å²) in [4.78, 5) is 17.4. The number of aromatic nitrogens is 1. The summed E-state index contributed by atoms with van der Waals surface area (Å²) in [5.74, 6) is 0.291. The molecule has 0 aliphatic carbocycles. The summed E-state index contributed by atoms with van der Waals surface area (Å²) in [6.07, 6.45) is 2.24. The standard InChI is InChI=1S/C11H15N3O2/c1-14-5-4-10(11(14)16)13-6-8-2-3-9(15)7-12-8/h2-3,7,10,13,15H,4-6H2,1H3. The van der Waals surface area contributed by atoms with E-state index in [2.05, 4.69) is 10.3 Å². The lowest BCUT2D eigenvalue weighted by Crippen LogP contribution is -2.36. The Morgan fingerprint density at radius 2 is 2.44 bits per heavy atom. The van der Waals surface area contributed by atoms with Gasteiger partial charge in [0.1, 0.15) is 5.75 Å². The van der Waals surface area contributed by atoms with Crippen molar-refractivity contribution in [2.45, 2.75) is 19.0 Å². The monoisotopic (exact) mass is 221 g/mol. The van der Waals surface area contributed by atoms with Gasteiger partial charge >= 0.3 is 0 Å². The average Bonchev–Trinajstić information content (AvgIpc) is 2.60. The molecule has 16 heavy (non-hydrogen) atoms. The zero-order valence-corrected chi connectivity index (χ0v) is 9.18. The van der Waals surface area contributed by atoms with Crippen molar-refractivity contribution in [1.82, 2.24) is 15.2 Å². The lowest BCUT2D eigenvalue weighted by atomic mass is 10.2. The molecule has 1 aliphatic rings. The van der Waals surface area contributed by atoms with Gasteiger partial charge in [0.2, 0.25) is 5.91 Å². The van der Waals surface area contributed by atoms with E-state index in [1.165, 1.54) is 6.20 Å². The predicted molar refractivity (Wildman–Crippen MR) is 58.8 cm³/mol. The van der Waals surface area contributed by atoms with E-state index < -0.39 is 0 Å². The van der Waals surface area contributed by atoms with E-state index in [4.69, 9.17) is 5.11 Å². The Morgan fingerprint density at radius 1 is 1.62 bits per heavy atom. The molecule has 1 aromatic rings. The Morgan fingerprint density at radius 3 is 3.00 bits per heavy atom. The van der Waals surface area contributed by atoms with Gasteiger partial charge in [0.05, 0.1) is 17.9 Å². The summed E-state index contributed by atoms with van der Waals surface area (Å²) in [5.41, 5.74) is 0.820. The Hall–Kier alpha value is -1.62. The van der Waals surface area contributed by atoms with Crippen LogP contribution in [-0.4, -0.2) is 40.5 Å². The van der Waals surface area contributed by atoms with Crippen LogP contribution in [0.2, 0.25) is 0 Å². The van der Waals surface area contributed by atoms with Crippen molar-refractivity contribution in [3.05, 3.63) is 24.0 Å². The molecule has 1 aliphatic heterocycles. The molecule has 5 heteroatoms. The number of pyridine rings is 1. The van der Waals surface area contributed by atoms with Gasteiger partial charge in [0.25, 0.3) is 0 Å². The summed E-state index contributed by atoms with van der Waals surface area (Å²) < 4.78 is 0. The van der Waals surface area contributed by atoms with Crippen LogP contribution in [0.1, 0.15) is 12.1 Å². The van der Waals surface area contributed by atoms with E-state index >= 15 is 0 Å². The number of nitrogens with one attached hydrogen (secondary N) is 1. The highest BCUT2D eigenvalue weighted by atomic mass is 16.3. The first-order valence-corrected chi connectivity index (χ1v) is 5.29. The van der Waals surface area contributed by atoms with Crippen molar-refractivity contribution in [2.24, 2.45) is 0 Å². The van der Waals surface area contributed by atoms with Gasteiger partial charge in [-0.05, 0) is 18.6 Å². The summed E-state index contributed by atoms with van der Waals surface area (Å²) in [7, 11) is 1.81. The van der Waals surface area contributed by atoms with Crippen LogP contribution in [0.25, 0.3) is 0 Å². The van der Waals surface area contributed by atoms with Crippen molar-refractivity contribution < 1.29 is 9.90 Å². The van der Waals surface area contributed by atoms with Gasteiger partial charge in [0, 0.05) is 20.1 Å². The molecule has 1 unspecified atom stereocenters. The van der Waals surface area contributed by atoms with Gasteiger partial charge in [-0.15, -0.1) is 0 Å². The van der Waals surface area contributed by atoms with Crippen molar-refractivity contribution in [1.29, 1.82) is 0 Å². The van der Waals surface area contributed by atoms with Gasteiger partial charge in [-0.1, -0.05) is 0 Å². The highest BCUT2D eigenvalue weighted by Gasteiger charge is 2.28. The number of nitrogens with zero attached hydrogens (tertiary/aromatic N) is 2. The van der Waals surface area contributed by atoms with Crippen LogP contribution in [0.5, 0.6) is 5.75 Å². The zero-order chi connectivity index (χ0) is 11.5. The van der Waals surface area contributed by atoms with Crippen molar-refractivity contribution in [2.75, 3.05) is 13.6 Å². The normalized spacial score (nSPS) is 20.4. The van der Waals surface area contributed by atoms with Crippen LogP contribution < -0.4 is 5.32 Å². The van der Waals surface area contributed by atoms with Gasteiger partial charge in [-0.3, -0.25) is 9.78 Å². The van der Waals surface area contributed by atoms with E-state index in [0.29, 0.717) is 6.54 Å². The number of carbonyl (C=O) groups is 1. The topological polar surface area (TPSA) is 65.5 Å². The van der Waals surface area contributed by atoms with Crippen molar-refractivity contribution >= 4 is 5.91 Å². The first-order valence-electron chi connectivity index (χ1n) is 5.29. The number of likely N-dealkylation sites (tertiary alicyclic amines) is 1. The fourth-order valence-corrected chi connectivity index (χ4v) is 1.76. The summed E-state index contributed by atoms with van der Waals surface area (Å²) in [6, 6.07) is 3.23. The number of rotatable bonds is 3. The third kappa shape index (κ3) is 2.30. The molecule has 2 N–H and O–H groups in total. The van der Waals surface area contributed by atoms with Crippen LogP contribution in [0.3, 0.4) is 0 Å². The predicted octanol–water partition coefficient (Wildman–Crippen LogP) is 0.107. The molecule has 0 spiro atoms. The van der Waals surface area contributed by atoms with Gasteiger partial charge < -0.3 is 15.3 Å². The van der Waals surface area contributed by atoms with E-state index in [-0.39, 0.29) is 17.7 Å². The fourth-order valence-electron chi connectivity index (χ4n) is 1.76. The van der Waals surface area contributed by atoms with Crippen LogP contribution >= 0.6 is 0 Å². The lowest BCUT2D eigenvalue weighted by molar-refractivity contribution is -0.128. The molecule has 1 fully saturated rings. The highest BCUT2D eigenvalue weighted by Crippen LogP contribution is 2.10. The average molecular weight is 221 g/mol. The molecule has 1 amide bonds.